The number of benzene rings is 6. The number of fused-ring (bicyclic) bond motifs is 2. The Balaban J connectivity index is 1.38. The predicted molar refractivity (Wildman–Crippen MR) is 192 cm³/mol. The highest BCUT2D eigenvalue weighted by molar-refractivity contribution is 7.92. The number of nitrogens with one attached hydrogen (secondary N) is 3. The van der Waals surface area contributed by atoms with E-state index in [0.29, 0.717) is 21.5 Å². The summed E-state index contributed by atoms with van der Waals surface area (Å²) in [4.78, 5) is 26.7. The third-order valence-electron chi connectivity index (χ3n) is 7.84. The van der Waals surface area contributed by atoms with Crippen LogP contribution in [0.5, 0.6) is 0 Å². The van der Waals surface area contributed by atoms with Crippen LogP contribution < -0.4 is 15.4 Å². The number of sulfonamides is 1. The molecule has 0 unspecified atom stereocenters. The average molecular weight is 746 g/mol. The van der Waals surface area contributed by atoms with E-state index in [-0.39, 0.29) is 42.9 Å². The fourth-order valence-electron chi connectivity index (χ4n) is 5.33. The van der Waals surface area contributed by atoms with Crippen molar-refractivity contribution in [2.45, 2.75) is 21.6 Å². The molecule has 0 fully saturated rings. The molecule has 0 aromatic heterocycles. The van der Waals surface area contributed by atoms with Crippen LogP contribution in [-0.4, -0.2) is 46.2 Å². The van der Waals surface area contributed by atoms with E-state index in [1.54, 1.807) is 55.5 Å². The molecule has 13 nitrogen and oxygen atoms in total. The fourth-order valence-corrected chi connectivity index (χ4v) is 7.40. The number of hydrogen-bond donors (Lipinski definition) is 5. The zero-order valence-electron chi connectivity index (χ0n) is 26.4. The predicted octanol–water partition coefficient (Wildman–Crippen LogP) is 6.10. The van der Waals surface area contributed by atoms with Crippen molar-refractivity contribution in [1.29, 1.82) is 0 Å². The van der Waals surface area contributed by atoms with E-state index in [1.165, 1.54) is 66.7 Å². The first-order chi connectivity index (χ1) is 24.0. The van der Waals surface area contributed by atoms with Gasteiger partial charge in [0.05, 0.1) is 20.4 Å². The van der Waals surface area contributed by atoms with Gasteiger partial charge < -0.3 is 10.6 Å². The van der Waals surface area contributed by atoms with Crippen LogP contribution in [0.4, 0.5) is 17.1 Å². The molecule has 2 amide bonds. The molecule has 6 aromatic rings. The van der Waals surface area contributed by atoms with Crippen LogP contribution in [-0.2, 0) is 30.3 Å². The highest BCUT2D eigenvalue weighted by Gasteiger charge is 2.20. The zero-order valence-corrected chi connectivity index (χ0v) is 28.8. The van der Waals surface area contributed by atoms with Gasteiger partial charge in [0.15, 0.2) is 0 Å². The van der Waals surface area contributed by atoms with Crippen molar-refractivity contribution in [3.05, 3.63) is 132 Å². The van der Waals surface area contributed by atoms with Gasteiger partial charge in [0, 0.05) is 33.3 Å². The third kappa shape index (κ3) is 7.74. The minimum Gasteiger partial charge on any atom is -0.321 e. The van der Waals surface area contributed by atoms with Gasteiger partial charge in [-0.25, -0.2) is 8.42 Å². The van der Waals surface area contributed by atoms with E-state index in [4.69, 9.17) is 0 Å². The van der Waals surface area contributed by atoms with Crippen LogP contribution in [0.15, 0.2) is 130 Å². The lowest BCUT2D eigenvalue weighted by molar-refractivity contribution is 0.102. The molecule has 0 aliphatic rings. The van der Waals surface area contributed by atoms with E-state index >= 15 is 0 Å². The third-order valence-corrected chi connectivity index (χ3v) is 10.9. The normalized spacial score (nSPS) is 12.1. The first-order valence-electron chi connectivity index (χ1n) is 14.9. The highest BCUT2D eigenvalue weighted by atomic mass is 32.2. The summed E-state index contributed by atoms with van der Waals surface area (Å²) in [6, 6.07) is 26.8. The van der Waals surface area contributed by atoms with Crippen LogP contribution in [0.25, 0.3) is 21.5 Å². The second-order valence-corrected chi connectivity index (χ2v) is 16.0. The van der Waals surface area contributed by atoms with Crippen LogP contribution >= 0.6 is 0 Å². The number of carbonyl (C=O) groups excluding carboxylic acids is 2. The van der Waals surface area contributed by atoms with Crippen molar-refractivity contribution in [1.82, 2.24) is 0 Å². The van der Waals surface area contributed by atoms with Gasteiger partial charge in [0.1, 0.15) is 0 Å². The van der Waals surface area contributed by atoms with E-state index in [2.05, 4.69) is 15.4 Å². The molecule has 0 aliphatic carbocycles. The summed E-state index contributed by atoms with van der Waals surface area (Å²) in [7, 11) is -13.1. The summed E-state index contributed by atoms with van der Waals surface area (Å²) < 4.78 is 94.5. The van der Waals surface area contributed by atoms with Crippen molar-refractivity contribution in [3.63, 3.8) is 0 Å². The minimum absolute atomic E-state index is 0.0611. The highest BCUT2D eigenvalue weighted by Crippen LogP contribution is 2.29. The summed E-state index contributed by atoms with van der Waals surface area (Å²) in [5.41, 5.74) is 1.00. The Bertz CT molecular complexity index is 2590. The van der Waals surface area contributed by atoms with Crippen LogP contribution in [0.2, 0.25) is 0 Å². The number of aryl methyl sites for hydroxylation is 1. The molecular formula is C35H27N3O10S3. The smallest absolute Gasteiger partial charge is 0.294 e. The Morgan fingerprint density at radius 3 is 1.39 bits per heavy atom. The van der Waals surface area contributed by atoms with E-state index in [1.807, 2.05) is 0 Å². The molecule has 0 aliphatic heterocycles. The molecule has 0 radical (unpaired) electrons. The van der Waals surface area contributed by atoms with Gasteiger partial charge in [0.2, 0.25) is 0 Å². The summed E-state index contributed by atoms with van der Waals surface area (Å²) in [5.74, 6) is -1.48. The number of rotatable bonds is 9. The monoisotopic (exact) mass is 745 g/mol. The van der Waals surface area contributed by atoms with Gasteiger partial charge in [-0.05, 0) is 84.4 Å². The topological polar surface area (TPSA) is 213 Å². The standard InChI is InChI=1S/C35H27N3O10S3/c1-21-8-10-27(11-9-21)49(41,42)38-26-17-24(34(39)36-32-6-2-4-22-19-28(50(43,44)45)12-14-30(22)32)16-25(18-26)35(40)37-33-7-3-5-23-20-29(51(46,47)48)13-15-31(23)33/h2-20,38H,1H3,(H,36,39)(H,37,40)(H,43,44,45)(H,46,47,48). The molecule has 0 saturated heterocycles. The van der Waals surface area contributed by atoms with Crippen molar-refractivity contribution in [2.75, 3.05) is 15.4 Å². The minimum atomic E-state index is -4.49. The quantitative estimate of drug-likeness (QED) is 0.107. The lowest BCUT2D eigenvalue weighted by atomic mass is 10.1. The summed E-state index contributed by atoms with van der Waals surface area (Å²) in [6.45, 7) is 1.80. The number of carbonyl (C=O) groups is 2. The molecule has 0 bridgehead atoms. The zero-order chi connectivity index (χ0) is 36.7. The first kappa shape index (κ1) is 35.2. The first-order valence-corrected chi connectivity index (χ1v) is 19.2. The largest absolute Gasteiger partial charge is 0.321 e. The van der Waals surface area contributed by atoms with Crippen molar-refractivity contribution < 1.29 is 43.9 Å². The van der Waals surface area contributed by atoms with Gasteiger partial charge in [-0.15, -0.1) is 0 Å². The maximum absolute atomic E-state index is 13.7. The average Bonchev–Trinajstić information content (AvgIpc) is 3.07. The number of anilines is 3. The van der Waals surface area contributed by atoms with Gasteiger partial charge in [-0.3, -0.25) is 23.4 Å². The number of amides is 2. The molecule has 51 heavy (non-hydrogen) atoms. The van der Waals surface area contributed by atoms with E-state index in [9.17, 15) is 43.9 Å². The maximum atomic E-state index is 13.7. The lowest BCUT2D eigenvalue weighted by Crippen LogP contribution is -2.18. The van der Waals surface area contributed by atoms with Crippen LogP contribution in [0.1, 0.15) is 26.3 Å². The summed E-state index contributed by atoms with van der Waals surface area (Å²) in [6.07, 6.45) is 0. The maximum Gasteiger partial charge on any atom is 0.294 e. The Morgan fingerprint density at radius 2 is 0.961 bits per heavy atom. The van der Waals surface area contributed by atoms with Gasteiger partial charge in [-0.2, -0.15) is 16.8 Å². The molecule has 260 valence electrons. The number of hydrogen-bond acceptors (Lipinski definition) is 8. The Labute approximate surface area is 292 Å². The molecule has 0 heterocycles. The molecule has 16 heteroatoms. The Morgan fingerprint density at radius 1 is 0.529 bits per heavy atom. The van der Waals surface area contributed by atoms with E-state index in [0.717, 1.165) is 5.56 Å². The fraction of sp³-hybridized carbons (Fsp3) is 0.0286. The Hall–Kier alpha value is -5.65. The van der Waals surface area contributed by atoms with Gasteiger partial charge in [0.25, 0.3) is 42.1 Å². The molecular weight excluding hydrogens is 719 g/mol. The van der Waals surface area contributed by atoms with E-state index < -0.39 is 42.1 Å². The molecule has 5 N–H and O–H groups in total. The second-order valence-electron chi connectivity index (χ2n) is 11.5. The lowest BCUT2D eigenvalue weighted by Gasteiger charge is -2.15. The summed E-state index contributed by atoms with van der Waals surface area (Å²) in [5, 5.41) is 7.07. The molecule has 0 atom stereocenters. The molecule has 6 aromatic carbocycles. The van der Waals surface area contributed by atoms with Crippen molar-refractivity contribution in [3.8, 4) is 0 Å². The SMILES string of the molecule is Cc1ccc(S(=O)(=O)Nc2cc(C(=O)Nc3cccc4cc(S(=O)(=O)O)ccc34)cc(C(=O)Nc3cccc4cc(S(=O)(=O)O)ccc34)c2)cc1. The second kappa shape index (κ2) is 13.2. The van der Waals surface area contributed by atoms with Gasteiger partial charge in [-0.1, -0.05) is 54.1 Å². The van der Waals surface area contributed by atoms with Gasteiger partial charge >= 0.3 is 0 Å². The van der Waals surface area contributed by atoms with Crippen molar-refractivity contribution in [2.24, 2.45) is 0 Å². The molecule has 0 saturated carbocycles. The molecule has 6 rings (SSSR count). The van der Waals surface area contributed by atoms with Crippen LogP contribution in [0, 0.1) is 6.92 Å². The Kier molecular flexibility index (Phi) is 9.13. The van der Waals surface area contributed by atoms with Crippen LogP contribution in [0.3, 0.4) is 0 Å². The summed E-state index contributed by atoms with van der Waals surface area (Å²) >= 11 is 0. The van der Waals surface area contributed by atoms with Crippen molar-refractivity contribution >= 4 is 80.7 Å². The molecule has 0 spiro atoms.